The summed E-state index contributed by atoms with van der Waals surface area (Å²) in [6, 6.07) is 9.99. The van der Waals surface area contributed by atoms with Crippen LogP contribution in [0.4, 0.5) is 10.7 Å². The zero-order chi connectivity index (χ0) is 18.7. The number of carbonyl (C=O) groups excluding carboxylic acids is 2. The van der Waals surface area contributed by atoms with Crippen LogP contribution < -0.4 is 4.74 Å². The van der Waals surface area contributed by atoms with E-state index in [-0.39, 0.29) is 23.8 Å². The summed E-state index contributed by atoms with van der Waals surface area (Å²) >= 11 is 0.756. The van der Waals surface area contributed by atoms with Gasteiger partial charge in [-0.2, -0.15) is 0 Å². The number of furan rings is 1. The van der Waals surface area contributed by atoms with E-state index in [9.17, 15) is 19.7 Å². The Balaban J connectivity index is 1.61. The summed E-state index contributed by atoms with van der Waals surface area (Å²) in [7, 11) is 0. The maximum atomic E-state index is 12.3. The smallest absolute Gasteiger partial charge is 0.433 e. The Hall–Kier alpha value is -3.07. The monoisotopic (exact) mass is 374 g/mol. The van der Waals surface area contributed by atoms with E-state index in [1.54, 1.807) is 0 Å². The molecule has 1 saturated heterocycles. The lowest BCUT2D eigenvalue weighted by molar-refractivity contribution is -0.402. The Bertz CT molecular complexity index is 887. The summed E-state index contributed by atoms with van der Waals surface area (Å²) < 4.78 is 10.5. The predicted octanol–water partition coefficient (Wildman–Crippen LogP) is 3.61. The fourth-order valence-corrected chi connectivity index (χ4v) is 3.07. The maximum absolute atomic E-state index is 12.3. The van der Waals surface area contributed by atoms with Gasteiger partial charge in [-0.1, -0.05) is 17.7 Å². The molecule has 1 aliphatic heterocycles. The summed E-state index contributed by atoms with van der Waals surface area (Å²) in [5.74, 6) is -0.118. The molecule has 2 amide bonds. The summed E-state index contributed by atoms with van der Waals surface area (Å²) in [5, 5.41) is 10.2. The van der Waals surface area contributed by atoms with Gasteiger partial charge < -0.3 is 9.15 Å². The molecule has 2 heterocycles. The molecule has 1 fully saturated rings. The average molecular weight is 374 g/mol. The first-order valence-corrected chi connectivity index (χ1v) is 8.45. The summed E-state index contributed by atoms with van der Waals surface area (Å²) in [6.07, 6.45) is 1.32. The van der Waals surface area contributed by atoms with E-state index in [4.69, 9.17) is 9.15 Å². The molecule has 8 nitrogen and oxygen atoms in total. The third-order valence-corrected chi connectivity index (χ3v) is 4.45. The maximum Gasteiger partial charge on any atom is 0.433 e. The fraction of sp³-hybridized carbons (Fsp3) is 0.176. The zero-order valence-electron chi connectivity index (χ0n) is 13.7. The molecule has 0 unspecified atom stereocenters. The second-order valence-electron chi connectivity index (χ2n) is 5.43. The Labute approximate surface area is 152 Å². The average Bonchev–Trinajstić information content (AvgIpc) is 3.17. The van der Waals surface area contributed by atoms with Gasteiger partial charge in [0.15, 0.2) is 0 Å². The molecular formula is C17H14N2O6S. The van der Waals surface area contributed by atoms with Crippen molar-refractivity contribution in [2.45, 2.75) is 6.92 Å². The lowest BCUT2D eigenvalue weighted by Crippen LogP contribution is -2.32. The second kappa shape index (κ2) is 7.44. The molecular weight excluding hydrogens is 360 g/mol. The highest BCUT2D eigenvalue weighted by Gasteiger charge is 2.35. The third kappa shape index (κ3) is 3.94. The lowest BCUT2D eigenvalue weighted by Gasteiger charge is -2.13. The molecule has 134 valence electrons. The zero-order valence-corrected chi connectivity index (χ0v) is 14.5. The number of rotatable bonds is 6. The van der Waals surface area contributed by atoms with Gasteiger partial charge in [0.05, 0.1) is 17.5 Å². The van der Waals surface area contributed by atoms with E-state index in [1.807, 2.05) is 31.2 Å². The summed E-state index contributed by atoms with van der Waals surface area (Å²) in [6.45, 7) is 2.23. The normalized spacial score (nSPS) is 15.7. The number of thioether (sulfide) groups is 1. The van der Waals surface area contributed by atoms with Crippen LogP contribution in [0.1, 0.15) is 11.3 Å². The SMILES string of the molecule is Cc1ccc(OCCN2C(=O)S/C(=C\c3ccc([N+](=O)[O-])o3)C2=O)cc1. The van der Waals surface area contributed by atoms with Gasteiger partial charge in [0.1, 0.15) is 23.0 Å². The lowest BCUT2D eigenvalue weighted by atomic mass is 10.2. The van der Waals surface area contributed by atoms with Crippen LogP contribution >= 0.6 is 11.8 Å². The van der Waals surface area contributed by atoms with E-state index in [0.29, 0.717) is 5.75 Å². The molecule has 1 aliphatic rings. The number of ether oxygens (including phenoxy) is 1. The highest BCUT2D eigenvalue weighted by molar-refractivity contribution is 8.18. The van der Waals surface area contributed by atoms with E-state index in [0.717, 1.165) is 22.2 Å². The van der Waals surface area contributed by atoms with Gasteiger partial charge in [-0.05, 0) is 36.9 Å². The van der Waals surface area contributed by atoms with Gasteiger partial charge >= 0.3 is 5.88 Å². The molecule has 1 aromatic heterocycles. The minimum absolute atomic E-state index is 0.105. The number of hydrogen-bond donors (Lipinski definition) is 0. The van der Waals surface area contributed by atoms with Crippen molar-refractivity contribution < 1.29 is 23.7 Å². The number of carbonyl (C=O) groups is 2. The largest absolute Gasteiger partial charge is 0.492 e. The van der Waals surface area contributed by atoms with E-state index < -0.39 is 22.0 Å². The Kier molecular flexibility index (Phi) is 5.08. The van der Waals surface area contributed by atoms with Gasteiger partial charge in [0.25, 0.3) is 11.1 Å². The Morgan fingerprint density at radius 2 is 1.96 bits per heavy atom. The van der Waals surface area contributed by atoms with Crippen LogP contribution in [-0.2, 0) is 4.79 Å². The highest BCUT2D eigenvalue weighted by Crippen LogP contribution is 2.32. The number of nitro groups is 1. The number of amides is 2. The van der Waals surface area contributed by atoms with Crippen molar-refractivity contribution in [2.24, 2.45) is 0 Å². The number of imide groups is 1. The second-order valence-corrected chi connectivity index (χ2v) is 6.42. The molecule has 0 N–H and O–H groups in total. The van der Waals surface area contributed by atoms with Crippen molar-refractivity contribution in [3.05, 3.63) is 62.7 Å². The van der Waals surface area contributed by atoms with Gasteiger partial charge in [0, 0.05) is 6.08 Å². The van der Waals surface area contributed by atoms with Crippen LogP contribution in [0.2, 0.25) is 0 Å². The Morgan fingerprint density at radius 1 is 1.23 bits per heavy atom. The first kappa shape index (κ1) is 17.7. The van der Waals surface area contributed by atoms with Crippen molar-refractivity contribution in [3.63, 3.8) is 0 Å². The quantitative estimate of drug-likeness (QED) is 0.432. The van der Waals surface area contributed by atoms with Crippen LogP contribution in [0, 0.1) is 17.0 Å². The third-order valence-electron chi connectivity index (χ3n) is 3.54. The molecule has 0 bridgehead atoms. The molecule has 2 aromatic rings. The number of hydrogen-bond acceptors (Lipinski definition) is 7. The predicted molar refractivity (Wildman–Crippen MR) is 94.7 cm³/mol. The van der Waals surface area contributed by atoms with Crippen molar-refractivity contribution in [3.8, 4) is 5.75 Å². The topological polar surface area (TPSA) is 103 Å². The van der Waals surface area contributed by atoms with Crippen LogP contribution in [0.25, 0.3) is 6.08 Å². The van der Waals surface area contributed by atoms with Crippen molar-refractivity contribution >= 4 is 34.9 Å². The molecule has 0 spiro atoms. The molecule has 1 aromatic carbocycles. The highest BCUT2D eigenvalue weighted by atomic mass is 32.2. The summed E-state index contributed by atoms with van der Waals surface area (Å²) in [4.78, 5) is 35.5. The minimum atomic E-state index is -0.675. The summed E-state index contributed by atoms with van der Waals surface area (Å²) in [5.41, 5.74) is 1.10. The van der Waals surface area contributed by atoms with E-state index in [1.165, 1.54) is 18.2 Å². The van der Waals surface area contributed by atoms with Crippen molar-refractivity contribution in [2.75, 3.05) is 13.2 Å². The first-order valence-electron chi connectivity index (χ1n) is 7.63. The van der Waals surface area contributed by atoms with Crippen molar-refractivity contribution in [1.29, 1.82) is 0 Å². The van der Waals surface area contributed by atoms with E-state index in [2.05, 4.69) is 0 Å². The minimum Gasteiger partial charge on any atom is -0.492 e. The van der Waals surface area contributed by atoms with Crippen LogP contribution in [0.3, 0.4) is 0 Å². The molecule has 0 atom stereocenters. The first-order chi connectivity index (χ1) is 12.4. The number of aryl methyl sites for hydroxylation is 1. The number of nitrogens with zero attached hydrogens (tertiary/aromatic N) is 2. The molecule has 26 heavy (non-hydrogen) atoms. The van der Waals surface area contributed by atoms with Crippen LogP contribution in [0.15, 0.2) is 45.7 Å². The molecule has 0 aliphatic carbocycles. The van der Waals surface area contributed by atoms with Crippen molar-refractivity contribution in [1.82, 2.24) is 4.90 Å². The van der Waals surface area contributed by atoms with Gasteiger partial charge in [-0.3, -0.25) is 24.6 Å². The number of benzene rings is 1. The standard InChI is InChI=1S/C17H14N2O6S/c1-11-2-4-12(5-3-11)24-9-8-18-16(20)14(26-17(18)21)10-13-6-7-15(25-13)19(22)23/h2-7,10H,8-9H2,1H3/b14-10-. The molecule has 9 heteroatoms. The van der Waals surface area contributed by atoms with Crippen LogP contribution in [0.5, 0.6) is 5.75 Å². The Morgan fingerprint density at radius 3 is 2.62 bits per heavy atom. The van der Waals surface area contributed by atoms with E-state index >= 15 is 0 Å². The molecule has 0 saturated carbocycles. The molecule has 0 radical (unpaired) electrons. The van der Waals surface area contributed by atoms with Gasteiger partial charge in [-0.25, -0.2) is 0 Å². The fourth-order valence-electron chi connectivity index (χ4n) is 2.23. The van der Waals surface area contributed by atoms with Crippen LogP contribution in [-0.4, -0.2) is 34.1 Å². The molecule has 3 rings (SSSR count). The van der Waals surface area contributed by atoms with Gasteiger partial charge in [-0.15, -0.1) is 0 Å². The van der Waals surface area contributed by atoms with Gasteiger partial charge in [0.2, 0.25) is 0 Å².